The largest absolute Gasteiger partial charge is 0.479 e. The molecule has 2 aromatic rings. The smallest absolute Gasteiger partial charge is 0.417 e. The summed E-state index contributed by atoms with van der Waals surface area (Å²) in [6.45, 7) is 3.49. The average molecular weight is 443 g/mol. The minimum absolute atomic E-state index is 0.0757. The Hall–Kier alpha value is -3.23. The van der Waals surface area contributed by atoms with E-state index in [2.05, 4.69) is 0 Å². The maximum Gasteiger partial charge on any atom is 0.417 e. The summed E-state index contributed by atoms with van der Waals surface area (Å²) in [4.78, 5) is 38.6. The Balaban J connectivity index is 2.39. The standard InChI is InChI=1S/C24H30N2O6/c1-3-16(2)20(25)22(28)26(24(31)32-15-18-12-8-5-9-13-18)19(21(27)23(29)30)14-17-10-6-4-7-11-17/h4-13,16,19-21,27H,3,14-15,25H2,1-2H3,(H,29,30)/t16-,19-,20-,21+/m0/s1. The minimum atomic E-state index is -2.02. The number of nitrogens with two attached hydrogens (primary N) is 1. The van der Waals surface area contributed by atoms with Crippen LogP contribution >= 0.6 is 0 Å². The number of nitrogens with zero attached hydrogens (tertiary/aromatic N) is 1. The van der Waals surface area contributed by atoms with E-state index in [1.165, 1.54) is 0 Å². The van der Waals surface area contributed by atoms with Crippen molar-refractivity contribution in [2.24, 2.45) is 11.7 Å². The van der Waals surface area contributed by atoms with Crippen LogP contribution < -0.4 is 5.73 Å². The van der Waals surface area contributed by atoms with Crippen LogP contribution in [-0.2, 0) is 27.4 Å². The molecule has 0 aliphatic heterocycles. The maximum absolute atomic E-state index is 13.3. The zero-order valence-electron chi connectivity index (χ0n) is 18.3. The van der Waals surface area contributed by atoms with Crippen molar-refractivity contribution in [1.29, 1.82) is 0 Å². The van der Waals surface area contributed by atoms with E-state index in [4.69, 9.17) is 10.5 Å². The van der Waals surface area contributed by atoms with Gasteiger partial charge in [-0.25, -0.2) is 14.5 Å². The Kier molecular flexibility index (Phi) is 9.37. The van der Waals surface area contributed by atoms with Gasteiger partial charge in [0, 0.05) is 0 Å². The van der Waals surface area contributed by atoms with Gasteiger partial charge in [0.25, 0.3) is 0 Å². The predicted octanol–water partition coefficient (Wildman–Crippen LogP) is 2.58. The first kappa shape index (κ1) is 25.0. The van der Waals surface area contributed by atoms with Crippen LogP contribution in [0.4, 0.5) is 4.79 Å². The van der Waals surface area contributed by atoms with E-state index in [9.17, 15) is 24.6 Å². The third-order valence-electron chi connectivity index (χ3n) is 5.42. The molecule has 4 N–H and O–H groups in total. The zero-order chi connectivity index (χ0) is 23.7. The topological polar surface area (TPSA) is 130 Å². The van der Waals surface area contributed by atoms with Gasteiger partial charge in [0.2, 0.25) is 5.91 Å². The first-order valence-electron chi connectivity index (χ1n) is 10.5. The van der Waals surface area contributed by atoms with Crippen LogP contribution in [0, 0.1) is 5.92 Å². The molecule has 2 aromatic carbocycles. The van der Waals surface area contributed by atoms with Crippen molar-refractivity contribution in [3.05, 3.63) is 71.8 Å². The summed E-state index contributed by atoms with van der Waals surface area (Å²) in [7, 11) is 0. The summed E-state index contributed by atoms with van der Waals surface area (Å²) in [5.41, 5.74) is 7.43. The van der Waals surface area contributed by atoms with Crippen LogP contribution in [0.1, 0.15) is 31.4 Å². The number of carbonyl (C=O) groups excluding carboxylic acids is 2. The van der Waals surface area contributed by atoms with Crippen molar-refractivity contribution < 1.29 is 29.3 Å². The molecule has 8 nitrogen and oxygen atoms in total. The van der Waals surface area contributed by atoms with Gasteiger partial charge in [0.15, 0.2) is 6.10 Å². The molecular weight excluding hydrogens is 412 g/mol. The highest BCUT2D eigenvalue weighted by molar-refractivity contribution is 5.96. The monoisotopic (exact) mass is 442 g/mol. The van der Waals surface area contributed by atoms with Crippen molar-refractivity contribution in [3.8, 4) is 0 Å². The molecule has 0 spiro atoms. The number of ether oxygens (including phenoxy) is 1. The predicted molar refractivity (Wildman–Crippen MR) is 118 cm³/mol. The van der Waals surface area contributed by atoms with Crippen molar-refractivity contribution in [3.63, 3.8) is 0 Å². The second-order valence-corrected chi connectivity index (χ2v) is 7.70. The van der Waals surface area contributed by atoms with Crippen LogP contribution in [-0.4, -0.2) is 51.3 Å². The molecule has 0 bridgehead atoms. The molecule has 32 heavy (non-hydrogen) atoms. The molecule has 0 saturated carbocycles. The third-order valence-corrected chi connectivity index (χ3v) is 5.42. The van der Waals surface area contributed by atoms with E-state index in [1.807, 2.05) is 13.0 Å². The minimum Gasteiger partial charge on any atom is -0.479 e. The van der Waals surface area contributed by atoms with Crippen molar-refractivity contribution >= 4 is 18.0 Å². The number of carbonyl (C=O) groups is 3. The molecule has 2 rings (SSSR count). The second-order valence-electron chi connectivity index (χ2n) is 7.70. The number of carboxylic acid groups (broad SMARTS) is 1. The Bertz CT molecular complexity index is 890. The molecular formula is C24H30N2O6. The quantitative estimate of drug-likeness (QED) is 0.515. The molecule has 0 aliphatic rings. The van der Waals surface area contributed by atoms with Gasteiger partial charge in [0.1, 0.15) is 6.61 Å². The molecule has 0 aliphatic carbocycles. The molecule has 2 amide bonds. The Morgan fingerprint density at radius 1 is 1.00 bits per heavy atom. The Morgan fingerprint density at radius 2 is 1.53 bits per heavy atom. The average Bonchev–Trinajstić information content (AvgIpc) is 2.81. The van der Waals surface area contributed by atoms with E-state index in [0.29, 0.717) is 22.4 Å². The van der Waals surface area contributed by atoms with Crippen LogP contribution in [0.25, 0.3) is 0 Å². The fraction of sp³-hybridized carbons (Fsp3) is 0.375. The lowest BCUT2D eigenvalue weighted by molar-refractivity contribution is -0.152. The molecule has 0 radical (unpaired) electrons. The number of aliphatic hydroxyl groups excluding tert-OH is 1. The summed E-state index contributed by atoms with van der Waals surface area (Å²) >= 11 is 0. The third kappa shape index (κ3) is 6.63. The summed E-state index contributed by atoms with van der Waals surface area (Å²) in [5, 5.41) is 19.9. The van der Waals surface area contributed by atoms with Crippen LogP contribution in [0.3, 0.4) is 0 Å². The molecule has 0 fully saturated rings. The summed E-state index contributed by atoms with van der Waals surface area (Å²) in [5.74, 6) is -2.62. The van der Waals surface area contributed by atoms with Gasteiger partial charge in [-0.3, -0.25) is 4.79 Å². The summed E-state index contributed by atoms with van der Waals surface area (Å²) in [6, 6.07) is 15.1. The van der Waals surface area contributed by atoms with Crippen LogP contribution in [0.5, 0.6) is 0 Å². The number of aliphatic hydroxyl groups is 1. The first-order valence-corrected chi connectivity index (χ1v) is 10.5. The lowest BCUT2D eigenvalue weighted by Gasteiger charge is -2.34. The lowest BCUT2D eigenvalue weighted by Crippen LogP contribution is -2.58. The number of hydrogen-bond acceptors (Lipinski definition) is 6. The van der Waals surface area contributed by atoms with Gasteiger partial charge in [-0.15, -0.1) is 0 Å². The molecule has 8 heteroatoms. The summed E-state index contributed by atoms with van der Waals surface area (Å²) < 4.78 is 5.33. The molecule has 0 saturated heterocycles. The zero-order valence-corrected chi connectivity index (χ0v) is 18.3. The number of carboxylic acids is 1. The Labute approximate surface area is 187 Å². The highest BCUT2D eigenvalue weighted by Crippen LogP contribution is 2.19. The molecule has 0 aromatic heterocycles. The van der Waals surface area contributed by atoms with Crippen molar-refractivity contribution in [1.82, 2.24) is 4.90 Å². The maximum atomic E-state index is 13.3. The van der Waals surface area contributed by atoms with Crippen LogP contribution in [0.2, 0.25) is 0 Å². The van der Waals surface area contributed by atoms with Gasteiger partial charge in [-0.05, 0) is 23.5 Å². The van der Waals surface area contributed by atoms with Gasteiger partial charge in [-0.1, -0.05) is 80.9 Å². The molecule has 0 unspecified atom stereocenters. The molecule has 4 atom stereocenters. The first-order chi connectivity index (χ1) is 15.3. The van der Waals surface area contributed by atoms with E-state index in [-0.39, 0.29) is 18.9 Å². The van der Waals surface area contributed by atoms with E-state index in [0.717, 1.165) is 0 Å². The van der Waals surface area contributed by atoms with Crippen molar-refractivity contribution in [2.45, 2.75) is 51.5 Å². The second kappa shape index (κ2) is 12.0. The number of aliphatic carboxylic acids is 1. The summed E-state index contributed by atoms with van der Waals surface area (Å²) in [6.07, 6.45) is -2.58. The van der Waals surface area contributed by atoms with Gasteiger partial charge in [-0.2, -0.15) is 0 Å². The molecule has 172 valence electrons. The van der Waals surface area contributed by atoms with Gasteiger partial charge >= 0.3 is 12.1 Å². The van der Waals surface area contributed by atoms with Crippen LogP contribution in [0.15, 0.2) is 60.7 Å². The Morgan fingerprint density at radius 3 is 2.03 bits per heavy atom. The lowest BCUT2D eigenvalue weighted by atomic mass is 9.95. The fourth-order valence-electron chi connectivity index (χ4n) is 3.20. The molecule has 0 heterocycles. The van der Waals surface area contributed by atoms with Gasteiger partial charge < -0.3 is 20.7 Å². The highest BCUT2D eigenvalue weighted by atomic mass is 16.6. The highest BCUT2D eigenvalue weighted by Gasteiger charge is 2.41. The van der Waals surface area contributed by atoms with Crippen molar-refractivity contribution in [2.75, 3.05) is 0 Å². The number of amides is 2. The number of hydrogen-bond donors (Lipinski definition) is 3. The normalized spacial score (nSPS) is 14.6. The van der Waals surface area contributed by atoms with E-state index < -0.39 is 36.2 Å². The fourth-order valence-corrected chi connectivity index (χ4v) is 3.20. The van der Waals surface area contributed by atoms with E-state index in [1.54, 1.807) is 61.5 Å². The number of benzene rings is 2. The SMILES string of the molecule is CC[C@H](C)[C@H](N)C(=O)N(C(=O)OCc1ccccc1)[C@@H](Cc1ccccc1)[C@@H](O)C(=O)O. The number of rotatable bonds is 10. The van der Waals surface area contributed by atoms with Gasteiger partial charge in [0.05, 0.1) is 12.1 Å². The number of imide groups is 1. The van der Waals surface area contributed by atoms with E-state index >= 15 is 0 Å².